The number of nitrogens with two attached hydrogens (primary N) is 1. The molecule has 0 aliphatic carbocycles. The van der Waals surface area contributed by atoms with E-state index in [0.29, 0.717) is 5.13 Å². The van der Waals surface area contributed by atoms with E-state index in [1.807, 2.05) is 37.3 Å². The lowest BCUT2D eigenvalue weighted by atomic mass is 9.95. The predicted molar refractivity (Wildman–Crippen MR) is 82.7 cm³/mol. The highest BCUT2D eigenvalue weighted by molar-refractivity contribution is 7.15. The van der Waals surface area contributed by atoms with Crippen molar-refractivity contribution >= 4 is 22.4 Å². The number of anilines is 1. The molecule has 2 unspecified atom stereocenters. The molecular weight excluding hydrogens is 270 g/mol. The van der Waals surface area contributed by atoms with Crippen LogP contribution in [0, 0.1) is 5.92 Å². The number of hydrogen-bond acceptors (Lipinski definition) is 4. The van der Waals surface area contributed by atoms with Gasteiger partial charge in [0.2, 0.25) is 5.91 Å². The number of nitrogens with one attached hydrogen (secondary N) is 1. The first kappa shape index (κ1) is 14.7. The van der Waals surface area contributed by atoms with Crippen LogP contribution in [0.15, 0.2) is 36.5 Å². The predicted octanol–water partition coefficient (Wildman–Crippen LogP) is 2.98. The van der Waals surface area contributed by atoms with Crippen LogP contribution in [0.2, 0.25) is 0 Å². The minimum Gasteiger partial charge on any atom is -0.323 e. The lowest BCUT2D eigenvalue weighted by molar-refractivity contribution is -0.120. The van der Waals surface area contributed by atoms with Crippen LogP contribution in [0.5, 0.6) is 0 Å². The second-order valence-electron chi connectivity index (χ2n) is 4.70. The maximum absolute atomic E-state index is 12.2. The number of hydrogen-bond donors (Lipinski definition) is 2. The van der Waals surface area contributed by atoms with Gasteiger partial charge in [-0.15, -0.1) is 11.3 Å². The van der Waals surface area contributed by atoms with Crippen molar-refractivity contribution < 1.29 is 4.79 Å². The molecule has 0 spiro atoms. The van der Waals surface area contributed by atoms with Crippen LogP contribution < -0.4 is 11.1 Å². The van der Waals surface area contributed by atoms with Crippen LogP contribution >= 0.6 is 11.3 Å². The van der Waals surface area contributed by atoms with Crippen molar-refractivity contribution in [2.75, 3.05) is 5.32 Å². The number of aryl methyl sites for hydroxylation is 1. The maximum atomic E-state index is 12.2. The molecule has 0 saturated carbocycles. The minimum absolute atomic E-state index is 0.0987. The fourth-order valence-electron chi connectivity index (χ4n) is 1.87. The van der Waals surface area contributed by atoms with E-state index in [2.05, 4.69) is 17.2 Å². The summed E-state index contributed by atoms with van der Waals surface area (Å²) in [5.74, 6) is -0.412. The Balaban J connectivity index is 2.01. The summed E-state index contributed by atoms with van der Waals surface area (Å²) >= 11 is 1.50. The molecule has 1 heterocycles. The highest BCUT2D eigenvalue weighted by Crippen LogP contribution is 2.23. The Morgan fingerprint density at radius 3 is 2.70 bits per heavy atom. The summed E-state index contributed by atoms with van der Waals surface area (Å²) in [5, 5.41) is 3.47. The second kappa shape index (κ2) is 6.63. The fraction of sp³-hybridized carbons (Fsp3) is 0.333. The molecule has 106 valence electrons. The van der Waals surface area contributed by atoms with Crippen LogP contribution in [0.25, 0.3) is 0 Å². The average molecular weight is 289 g/mol. The second-order valence-corrected chi connectivity index (χ2v) is 5.81. The summed E-state index contributed by atoms with van der Waals surface area (Å²) in [6.45, 7) is 3.90. The van der Waals surface area contributed by atoms with Crippen molar-refractivity contribution in [2.24, 2.45) is 11.7 Å². The van der Waals surface area contributed by atoms with Gasteiger partial charge < -0.3 is 11.1 Å². The van der Waals surface area contributed by atoms with Crippen LogP contribution in [-0.2, 0) is 11.2 Å². The number of carbonyl (C=O) groups excluding carboxylic acids is 1. The third-order valence-corrected chi connectivity index (χ3v) is 4.33. The Morgan fingerprint density at radius 1 is 1.40 bits per heavy atom. The summed E-state index contributed by atoms with van der Waals surface area (Å²) in [4.78, 5) is 17.5. The lowest BCUT2D eigenvalue weighted by Gasteiger charge is -2.19. The minimum atomic E-state index is -0.318. The molecule has 4 nitrogen and oxygen atoms in total. The first-order chi connectivity index (χ1) is 9.61. The van der Waals surface area contributed by atoms with Gasteiger partial charge in [0.1, 0.15) is 0 Å². The highest BCUT2D eigenvalue weighted by atomic mass is 32.1. The largest absolute Gasteiger partial charge is 0.323 e. The summed E-state index contributed by atoms with van der Waals surface area (Å²) in [7, 11) is 0. The third-order valence-electron chi connectivity index (χ3n) is 3.27. The Bertz CT molecular complexity index is 568. The van der Waals surface area contributed by atoms with Gasteiger partial charge in [-0.25, -0.2) is 4.98 Å². The number of carbonyl (C=O) groups is 1. The van der Waals surface area contributed by atoms with Crippen molar-refractivity contribution in [1.29, 1.82) is 0 Å². The summed E-state index contributed by atoms with van der Waals surface area (Å²) in [5.41, 5.74) is 7.11. The Kier molecular flexibility index (Phi) is 4.87. The molecule has 1 amide bonds. The van der Waals surface area contributed by atoms with Crippen LogP contribution in [0.3, 0.4) is 0 Å². The summed E-state index contributed by atoms with van der Waals surface area (Å²) in [6.07, 6.45) is 2.72. The topological polar surface area (TPSA) is 68.0 Å². The molecule has 3 N–H and O–H groups in total. The van der Waals surface area contributed by atoms with E-state index >= 15 is 0 Å². The fourth-order valence-corrected chi connectivity index (χ4v) is 2.63. The first-order valence-electron chi connectivity index (χ1n) is 6.68. The molecule has 20 heavy (non-hydrogen) atoms. The molecule has 0 aliphatic heterocycles. The van der Waals surface area contributed by atoms with Crippen molar-refractivity contribution in [3.05, 3.63) is 47.0 Å². The van der Waals surface area contributed by atoms with Crippen molar-refractivity contribution in [3.8, 4) is 0 Å². The van der Waals surface area contributed by atoms with Gasteiger partial charge in [0, 0.05) is 17.1 Å². The molecule has 2 atom stereocenters. The molecule has 1 aromatic carbocycles. The molecule has 2 aromatic rings. The molecule has 5 heteroatoms. The number of benzene rings is 1. The van der Waals surface area contributed by atoms with Gasteiger partial charge in [0.15, 0.2) is 5.13 Å². The highest BCUT2D eigenvalue weighted by Gasteiger charge is 2.22. The van der Waals surface area contributed by atoms with Crippen molar-refractivity contribution in [3.63, 3.8) is 0 Å². The lowest BCUT2D eigenvalue weighted by Crippen LogP contribution is -2.30. The van der Waals surface area contributed by atoms with E-state index in [0.717, 1.165) is 16.9 Å². The summed E-state index contributed by atoms with van der Waals surface area (Å²) < 4.78 is 0. The molecule has 0 aliphatic rings. The Morgan fingerprint density at radius 2 is 2.10 bits per heavy atom. The van der Waals surface area contributed by atoms with Crippen LogP contribution in [0.4, 0.5) is 5.13 Å². The smallest absolute Gasteiger partial charge is 0.230 e. The van der Waals surface area contributed by atoms with Gasteiger partial charge in [0.25, 0.3) is 0 Å². The van der Waals surface area contributed by atoms with E-state index in [1.54, 1.807) is 6.20 Å². The van der Waals surface area contributed by atoms with Gasteiger partial charge in [-0.3, -0.25) is 4.79 Å². The first-order valence-corrected chi connectivity index (χ1v) is 7.49. The van der Waals surface area contributed by atoms with Gasteiger partial charge >= 0.3 is 0 Å². The Labute approximate surface area is 123 Å². The quantitative estimate of drug-likeness (QED) is 0.889. The van der Waals surface area contributed by atoms with Gasteiger partial charge in [-0.1, -0.05) is 44.2 Å². The normalized spacial score (nSPS) is 13.8. The van der Waals surface area contributed by atoms with Crippen molar-refractivity contribution in [1.82, 2.24) is 4.98 Å². The standard InChI is InChI=1S/C15H19N3OS/c1-3-12-9-17-15(20-12)18-14(19)10(2)13(16)11-7-5-4-6-8-11/h4-10,13H,3,16H2,1-2H3,(H,17,18,19). The molecule has 0 radical (unpaired) electrons. The molecule has 1 aromatic heterocycles. The average Bonchev–Trinajstić information content (AvgIpc) is 2.94. The van der Waals surface area contributed by atoms with Crippen LogP contribution in [0.1, 0.15) is 30.3 Å². The van der Waals surface area contributed by atoms with E-state index in [-0.39, 0.29) is 17.9 Å². The summed E-state index contributed by atoms with van der Waals surface area (Å²) in [6, 6.07) is 9.34. The van der Waals surface area contributed by atoms with Gasteiger partial charge in [-0.2, -0.15) is 0 Å². The molecule has 0 fully saturated rings. The number of rotatable bonds is 5. The van der Waals surface area contributed by atoms with Gasteiger partial charge in [0.05, 0.1) is 5.92 Å². The zero-order chi connectivity index (χ0) is 14.5. The zero-order valence-corrected chi connectivity index (χ0v) is 12.5. The van der Waals surface area contributed by atoms with E-state index in [9.17, 15) is 4.79 Å². The molecule has 0 saturated heterocycles. The van der Waals surface area contributed by atoms with E-state index < -0.39 is 0 Å². The van der Waals surface area contributed by atoms with Crippen LogP contribution in [-0.4, -0.2) is 10.9 Å². The monoisotopic (exact) mass is 289 g/mol. The molecule has 2 rings (SSSR count). The van der Waals surface area contributed by atoms with E-state index in [4.69, 9.17) is 5.73 Å². The number of thiazole rings is 1. The number of aromatic nitrogens is 1. The third kappa shape index (κ3) is 3.43. The number of nitrogens with zero attached hydrogens (tertiary/aromatic N) is 1. The maximum Gasteiger partial charge on any atom is 0.230 e. The van der Waals surface area contributed by atoms with Crippen molar-refractivity contribution in [2.45, 2.75) is 26.3 Å². The van der Waals surface area contributed by atoms with Gasteiger partial charge in [-0.05, 0) is 12.0 Å². The SMILES string of the molecule is CCc1cnc(NC(=O)C(C)C(N)c2ccccc2)s1. The number of amides is 1. The molecular formula is C15H19N3OS. The van der Waals surface area contributed by atoms with E-state index in [1.165, 1.54) is 11.3 Å². The zero-order valence-electron chi connectivity index (χ0n) is 11.7. The Hall–Kier alpha value is -1.72. The molecule has 0 bridgehead atoms.